The molecule has 2 aromatic carbocycles. The first-order valence-electron chi connectivity index (χ1n) is 14.4. The second-order valence-electron chi connectivity index (χ2n) is 10.6. The molecule has 220 valence electrons. The normalized spacial score (nSPS) is 16.8. The summed E-state index contributed by atoms with van der Waals surface area (Å²) in [6, 6.07) is 20.0. The van der Waals surface area contributed by atoms with Gasteiger partial charge in [0, 0.05) is 91.8 Å². The van der Waals surface area contributed by atoms with Crippen molar-refractivity contribution in [2.75, 3.05) is 55.0 Å². The van der Waals surface area contributed by atoms with Crippen molar-refractivity contribution in [3.63, 3.8) is 0 Å². The van der Waals surface area contributed by atoms with E-state index in [9.17, 15) is 9.59 Å². The Hall–Kier alpha value is -4.41. The number of amides is 2. The highest BCUT2D eigenvalue weighted by Gasteiger charge is 2.21. The number of benzene rings is 2. The SMILES string of the molecule is CCOCCN(c1ccnc(NC(=O)c2ccc(N3CC(C)N[C@@H](C)C3)cc2)c1)c1ccc2c(ccn2C(=O)NC)c1. The smallest absolute Gasteiger partial charge is 0.325 e. The summed E-state index contributed by atoms with van der Waals surface area (Å²) < 4.78 is 7.26. The predicted octanol–water partition coefficient (Wildman–Crippen LogP) is 4.84. The molecule has 2 aromatic heterocycles. The van der Waals surface area contributed by atoms with E-state index in [2.05, 4.69) is 44.6 Å². The number of nitrogens with one attached hydrogen (secondary N) is 3. The lowest BCUT2D eigenvalue weighted by molar-refractivity contribution is 0.102. The monoisotopic (exact) mass is 569 g/mol. The van der Waals surface area contributed by atoms with E-state index in [1.165, 1.54) is 0 Å². The summed E-state index contributed by atoms with van der Waals surface area (Å²) >= 11 is 0. The first-order chi connectivity index (χ1) is 20.4. The van der Waals surface area contributed by atoms with Gasteiger partial charge in [-0.25, -0.2) is 9.78 Å². The first kappa shape index (κ1) is 29.1. The topological polar surface area (TPSA) is 104 Å². The third-order valence-corrected chi connectivity index (χ3v) is 7.43. The van der Waals surface area contributed by atoms with Crippen LogP contribution in [-0.2, 0) is 4.74 Å². The molecule has 1 aliphatic rings. The van der Waals surface area contributed by atoms with Crippen molar-refractivity contribution in [1.29, 1.82) is 0 Å². The van der Waals surface area contributed by atoms with Crippen LogP contribution in [0.3, 0.4) is 0 Å². The molecule has 1 saturated heterocycles. The Morgan fingerprint density at radius 3 is 2.48 bits per heavy atom. The van der Waals surface area contributed by atoms with E-state index < -0.39 is 0 Å². The maximum absolute atomic E-state index is 13.2. The highest BCUT2D eigenvalue weighted by molar-refractivity contribution is 6.04. The summed E-state index contributed by atoms with van der Waals surface area (Å²) in [7, 11) is 1.61. The molecule has 3 N–H and O–H groups in total. The highest BCUT2D eigenvalue weighted by atomic mass is 16.5. The Balaban J connectivity index is 1.34. The zero-order valence-corrected chi connectivity index (χ0v) is 24.6. The molecule has 3 heterocycles. The largest absolute Gasteiger partial charge is 0.380 e. The maximum Gasteiger partial charge on any atom is 0.325 e. The minimum Gasteiger partial charge on any atom is -0.380 e. The molecular weight excluding hydrogens is 530 g/mol. The van der Waals surface area contributed by atoms with Crippen molar-refractivity contribution in [1.82, 2.24) is 20.2 Å². The van der Waals surface area contributed by atoms with Gasteiger partial charge in [0.1, 0.15) is 5.82 Å². The van der Waals surface area contributed by atoms with E-state index in [4.69, 9.17) is 4.74 Å². The Kier molecular flexibility index (Phi) is 9.04. The summed E-state index contributed by atoms with van der Waals surface area (Å²) in [5.41, 5.74) is 4.30. The molecule has 1 fully saturated rings. The third kappa shape index (κ3) is 6.56. The number of rotatable bonds is 9. The van der Waals surface area contributed by atoms with Gasteiger partial charge in [0.05, 0.1) is 12.1 Å². The average molecular weight is 570 g/mol. The van der Waals surface area contributed by atoms with Crippen LogP contribution in [0.2, 0.25) is 0 Å². The fourth-order valence-corrected chi connectivity index (χ4v) is 5.51. The van der Waals surface area contributed by atoms with Gasteiger partial charge in [0.2, 0.25) is 0 Å². The maximum atomic E-state index is 13.2. The first-order valence-corrected chi connectivity index (χ1v) is 14.4. The quantitative estimate of drug-likeness (QED) is 0.248. The number of anilines is 4. The Morgan fingerprint density at radius 1 is 1.02 bits per heavy atom. The van der Waals surface area contributed by atoms with E-state index in [-0.39, 0.29) is 11.9 Å². The van der Waals surface area contributed by atoms with Crippen molar-refractivity contribution in [2.24, 2.45) is 0 Å². The van der Waals surface area contributed by atoms with Gasteiger partial charge in [-0.05, 0) is 75.4 Å². The van der Waals surface area contributed by atoms with Gasteiger partial charge in [0.25, 0.3) is 5.91 Å². The molecular formula is C32H39N7O3. The summed E-state index contributed by atoms with van der Waals surface area (Å²) in [4.78, 5) is 34.3. The van der Waals surface area contributed by atoms with Gasteiger partial charge >= 0.3 is 6.03 Å². The number of hydrogen-bond donors (Lipinski definition) is 3. The minimum absolute atomic E-state index is 0.192. The summed E-state index contributed by atoms with van der Waals surface area (Å²) in [6.07, 6.45) is 3.45. The summed E-state index contributed by atoms with van der Waals surface area (Å²) in [5, 5.41) is 10.1. The number of nitrogens with zero attached hydrogens (tertiary/aromatic N) is 4. The molecule has 10 heteroatoms. The number of pyridine rings is 1. The van der Waals surface area contributed by atoms with Crippen LogP contribution in [0.1, 0.15) is 31.1 Å². The summed E-state index contributed by atoms with van der Waals surface area (Å²) in [6.45, 7) is 9.93. The predicted molar refractivity (Wildman–Crippen MR) is 168 cm³/mol. The molecule has 0 radical (unpaired) electrons. The Bertz CT molecular complexity index is 1520. The lowest BCUT2D eigenvalue weighted by Crippen LogP contribution is -2.54. The van der Waals surface area contributed by atoms with Crippen LogP contribution < -0.4 is 25.8 Å². The van der Waals surface area contributed by atoms with Crippen LogP contribution in [0, 0.1) is 0 Å². The van der Waals surface area contributed by atoms with Crippen molar-refractivity contribution >= 4 is 45.7 Å². The van der Waals surface area contributed by atoms with E-state index in [0.717, 1.165) is 41.1 Å². The van der Waals surface area contributed by atoms with Gasteiger partial charge in [-0.2, -0.15) is 0 Å². The van der Waals surface area contributed by atoms with Gasteiger partial charge < -0.3 is 30.5 Å². The standard InChI is InChI=1S/C32H39N7O3/c1-5-42-17-16-38(27-10-11-29-25(18-27)13-15-39(29)32(41)33-4)28-12-14-34-30(19-28)36-31(40)24-6-8-26(9-7-24)37-20-22(2)35-23(3)21-37/h6-15,18-19,22-23,35H,5,16-17,20-21H2,1-4H3,(H,33,41)(H,34,36,40)/t22-,23?/m0/s1. The van der Waals surface area contributed by atoms with Crippen molar-refractivity contribution in [3.8, 4) is 0 Å². The van der Waals surface area contributed by atoms with E-state index in [1.807, 2.05) is 67.6 Å². The fourth-order valence-electron chi connectivity index (χ4n) is 5.51. The van der Waals surface area contributed by atoms with Crippen LogP contribution >= 0.6 is 0 Å². The van der Waals surface area contributed by atoms with E-state index in [0.29, 0.717) is 43.2 Å². The zero-order valence-electron chi connectivity index (χ0n) is 24.6. The molecule has 10 nitrogen and oxygen atoms in total. The molecule has 42 heavy (non-hydrogen) atoms. The highest BCUT2D eigenvalue weighted by Crippen LogP contribution is 2.30. The molecule has 2 atom stereocenters. The number of carbonyl (C=O) groups excluding carboxylic acids is 2. The third-order valence-electron chi connectivity index (χ3n) is 7.43. The molecule has 5 rings (SSSR count). The van der Waals surface area contributed by atoms with Crippen LogP contribution in [0.15, 0.2) is 73.1 Å². The molecule has 2 amide bonds. The van der Waals surface area contributed by atoms with E-state index >= 15 is 0 Å². The van der Waals surface area contributed by atoms with Crippen molar-refractivity contribution in [2.45, 2.75) is 32.9 Å². The van der Waals surface area contributed by atoms with E-state index in [1.54, 1.807) is 24.0 Å². The Labute approximate surface area is 246 Å². The molecule has 4 aromatic rings. The number of aromatic nitrogens is 2. The van der Waals surface area contributed by atoms with Crippen molar-refractivity contribution in [3.05, 3.63) is 78.6 Å². The fraction of sp³-hybridized carbons (Fsp3) is 0.344. The molecule has 0 spiro atoms. The number of ether oxygens (including phenoxy) is 1. The average Bonchev–Trinajstić information content (AvgIpc) is 3.42. The number of piperazine rings is 1. The lowest BCUT2D eigenvalue weighted by atomic mass is 10.1. The van der Waals surface area contributed by atoms with Gasteiger partial charge in [-0.15, -0.1) is 0 Å². The van der Waals surface area contributed by atoms with Gasteiger partial charge in [0.15, 0.2) is 0 Å². The number of fused-ring (bicyclic) bond motifs is 1. The number of carbonyl (C=O) groups is 2. The molecule has 1 aliphatic heterocycles. The second-order valence-corrected chi connectivity index (χ2v) is 10.6. The van der Waals surface area contributed by atoms with Crippen LogP contribution in [0.5, 0.6) is 0 Å². The molecule has 0 aliphatic carbocycles. The van der Waals surface area contributed by atoms with Crippen molar-refractivity contribution < 1.29 is 14.3 Å². The molecule has 0 saturated carbocycles. The van der Waals surface area contributed by atoms with Gasteiger partial charge in [-0.3, -0.25) is 9.36 Å². The lowest BCUT2D eigenvalue weighted by Gasteiger charge is -2.37. The second kappa shape index (κ2) is 13.1. The summed E-state index contributed by atoms with van der Waals surface area (Å²) in [5.74, 6) is 0.241. The molecule has 1 unspecified atom stereocenters. The minimum atomic E-state index is -0.217. The number of hydrogen-bond acceptors (Lipinski definition) is 7. The van der Waals surface area contributed by atoms with Gasteiger partial charge in [-0.1, -0.05) is 0 Å². The zero-order chi connectivity index (χ0) is 29.6. The Morgan fingerprint density at radius 2 is 1.76 bits per heavy atom. The van der Waals surface area contributed by atoms with Crippen LogP contribution in [0.4, 0.5) is 27.7 Å². The van der Waals surface area contributed by atoms with Crippen LogP contribution in [-0.4, -0.2) is 73.5 Å². The van der Waals surface area contributed by atoms with Crippen LogP contribution in [0.25, 0.3) is 10.9 Å². The molecule has 0 bridgehead atoms.